The van der Waals surface area contributed by atoms with E-state index in [9.17, 15) is 0 Å². The van der Waals surface area contributed by atoms with Crippen molar-refractivity contribution in [2.45, 2.75) is 13.5 Å². The SMILES string of the molecule is Cc1ccc(N(C)c2cccc(CN)n2)cc1. The predicted octanol–water partition coefficient (Wildman–Crippen LogP) is 2.62. The third kappa shape index (κ3) is 2.63. The summed E-state index contributed by atoms with van der Waals surface area (Å²) in [7, 11) is 2.01. The quantitative estimate of drug-likeness (QED) is 0.876. The molecule has 0 aliphatic carbocycles. The summed E-state index contributed by atoms with van der Waals surface area (Å²) in [5.74, 6) is 0.914. The zero-order valence-electron chi connectivity index (χ0n) is 10.2. The Kier molecular flexibility index (Phi) is 3.40. The minimum absolute atomic E-state index is 0.468. The highest BCUT2D eigenvalue weighted by molar-refractivity contribution is 5.59. The van der Waals surface area contributed by atoms with Crippen LogP contribution in [-0.4, -0.2) is 12.0 Å². The molecule has 3 nitrogen and oxygen atoms in total. The first kappa shape index (κ1) is 11.6. The average molecular weight is 227 g/mol. The Morgan fingerprint density at radius 1 is 1.12 bits per heavy atom. The Morgan fingerprint density at radius 3 is 2.47 bits per heavy atom. The first-order valence-electron chi connectivity index (χ1n) is 5.67. The number of benzene rings is 1. The summed E-state index contributed by atoms with van der Waals surface area (Å²) < 4.78 is 0. The first-order valence-corrected chi connectivity index (χ1v) is 5.67. The summed E-state index contributed by atoms with van der Waals surface area (Å²) in [5.41, 5.74) is 8.88. The van der Waals surface area contributed by atoms with Gasteiger partial charge in [0.25, 0.3) is 0 Å². The highest BCUT2D eigenvalue weighted by Crippen LogP contribution is 2.21. The van der Waals surface area contributed by atoms with Crippen LogP contribution in [0.1, 0.15) is 11.3 Å². The maximum absolute atomic E-state index is 5.60. The van der Waals surface area contributed by atoms with Gasteiger partial charge in [-0.25, -0.2) is 4.98 Å². The lowest BCUT2D eigenvalue weighted by Crippen LogP contribution is -2.12. The molecule has 2 aromatic rings. The summed E-state index contributed by atoms with van der Waals surface area (Å²) in [4.78, 5) is 6.55. The second-order valence-corrected chi connectivity index (χ2v) is 4.09. The van der Waals surface area contributed by atoms with Crippen LogP contribution in [0.4, 0.5) is 11.5 Å². The summed E-state index contributed by atoms with van der Waals surface area (Å²) in [6.07, 6.45) is 0. The molecule has 0 aliphatic rings. The molecule has 0 saturated heterocycles. The molecule has 0 bridgehead atoms. The molecule has 0 aliphatic heterocycles. The normalized spacial score (nSPS) is 10.3. The first-order chi connectivity index (χ1) is 8.20. The molecule has 0 amide bonds. The van der Waals surface area contributed by atoms with Crippen molar-refractivity contribution in [2.75, 3.05) is 11.9 Å². The molecule has 0 atom stereocenters. The van der Waals surface area contributed by atoms with Gasteiger partial charge < -0.3 is 10.6 Å². The van der Waals surface area contributed by atoms with E-state index in [1.807, 2.05) is 25.2 Å². The number of nitrogens with zero attached hydrogens (tertiary/aromatic N) is 2. The Bertz CT molecular complexity index is 491. The zero-order chi connectivity index (χ0) is 12.3. The number of nitrogens with two attached hydrogens (primary N) is 1. The van der Waals surface area contributed by atoms with Gasteiger partial charge in [-0.3, -0.25) is 0 Å². The number of hydrogen-bond acceptors (Lipinski definition) is 3. The molecule has 0 radical (unpaired) electrons. The van der Waals surface area contributed by atoms with Crippen molar-refractivity contribution in [3.8, 4) is 0 Å². The number of aromatic nitrogens is 1. The molecule has 1 aromatic heterocycles. The molecule has 2 N–H and O–H groups in total. The van der Waals surface area contributed by atoms with Crippen LogP contribution in [0.3, 0.4) is 0 Å². The summed E-state index contributed by atoms with van der Waals surface area (Å²) >= 11 is 0. The molecule has 0 unspecified atom stereocenters. The number of anilines is 2. The zero-order valence-corrected chi connectivity index (χ0v) is 10.2. The number of hydrogen-bond donors (Lipinski definition) is 1. The van der Waals surface area contributed by atoms with E-state index >= 15 is 0 Å². The van der Waals surface area contributed by atoms with E-state index in [2.05, 4.69) is 41.1 Å². The Labute approximate surface area is 102 Å². The van der Waals surface area contributed by atoms with E-state index in [-0.39, 0.29) is 0 Å². The molecule has 0 spiro atoms. The van der Waals surface area contributed by atoms with Crippen LogP contribution in [0, 0.1) is 6.92 Å². The van der Waals surface area contributed by atoms with Crippen molar-refractivity contribution in [3.05, 3.63) is 53.7 Å². The number of pyridine rings is 1. The molecule has 0 fully saturated rings. The summed E-state index contributed by atoms with van der Waals surface area (Å²) in [5, 5.41) is 0. The van der Waals surface area contributed by atoms with Gasteiger partial charge in [0.15, 0.2) is 0 Å². The maximum Gasteiger partial charge on any atom is 0.133 e. The van der Waals surface area contributed by atoms with E-state index in [4.69, 9.17) is 5.73 Å². The molecule has 1 heterocycles. The minimum Gasteiger partial charge on any atom is -0.329 e. The minimum atomic E-state index is 0.468. The van der Waals surface area contributed by atoms with Crippen LogP contribution in [0.15, 0.2) is 42.5 Å². The third-order valence-corrected chi connectivity index (χ3v) is 2.77. The molecule has 2 rings (SSSR count). The van der Waals surface area contributed by atoms with Crippen molar-refractivity contribution >= 4 is 11.5 Å². The molecular formula is C14H17N3. The van der Waals surface area contributed by atoms with Gasteiger partial charge in [-0.05, 0) is 31.2 Å². The lowest BCUT2D eigenvalue weighted by Gasteiger charge is -2.19. The Morgan fingerprint density at radius 2 is 1.82 bits per heavy atom. The smallest absolute Gasteiger partial charge is 0.133 e. The van der Waals surface area contributed by atoms with Crippen LogP contribution in [0.25, 0.3) is 0 Å². The van der Waals surface area contributed by atoms with Gasteiger partial charge in [0.2, 0.25) is 0 Å². The van der Waals surface area contributed by atoms with E-state index in [1.54, 1.807) is 0 Å². The lowest BCUT2D eigenvalue weighted by atomic mass is 10.2. The molecule has 3 heteroatoms. The van der Waals surface area contributed by atoms with E-state index in [0.717, 1.165) is 17.2 Å². The second-order valence-electron chi connectivity index (χ2n) is 4.09. The van der Waals surface area contributed by atoms with Gasteiger partial charge in [0.1, 0.15) is 5.82 Å². The van der Waals surface area contributed by atoms with Crippen molar-refractivity contribution in [1.82, 2.24) is 4.98 Å². The number of rotatable bonds is 3. The third-order valence-electron chi connectivity index (χ3n) is 2.77. The Balaban J connectivity index is 2.29. The topological polar surface area (TPSA) is 42.1 Å². The highest BCUT2D eigenvalue weighted by atomic mass is 15.2. The van der Waals surface area contributed by atoms with Crippen LogP contribution in [0.5, 0.6) is 0 Å². The predicted molar refractivity (Wildman–Crippen MR) is 71.4 cm³/mol. The average Bonchev–Trinajstić information content (AvgIpc) is 2.39. The van der Waals surface area contributed by atoms with Gasteiger partial charge in [-0.15, -0.1) is 0 Å². The van der Waals surface area contributed by atoms with Crippen molar-refractivity contribution < 1.29 is 0 Å². The van der Waals surface area contributed by atoms with Gasteiger partial charge in [-0.1, -0.05) is 23.8 Å². The van der Waals surface area contributed by atoms with Gasteiger partial charge in [0, 0.05) is 19.3 Å². The monoisotopic (exact) mass is 227 g/mol. The fourth-order valence-electron chi connectivity index (χ4n) is 1.67. The van der Waals surface area contributed by atoms with Gasteiger partial charge >= 0.3 is 0 Å². The molecular weight excluding hydrogens is 210 g/mol. The van der Waals surface area contributed by atoms with Crippen LogP contribution in [0.2, 0.25) is 0 Å². The van der Waals surface area contributed by atoms with E-state index in [1.165, 1.54) is 5.56 Å². The summed E-state index contributed by atoms with van der Waals surface area (Å²) in [6, 6.07) is 14.3. The van der Waals surface area contributed by atoms with Crippen molar-refractivity contribution in [1.29, 1.82) is 0 Å². The van der Waals surface area contributed by atoms with Crippen molar-refractivity contribution in [2.24, 2.45) is 5.73 Å². The Hall–Kier alpha value is -1.87. The van der Waals surface area contributed by atoms with Gasteiger partial charge in [-0.2, -0.15) is 0 Å². The lowest BCUT2D eigenvalue weighted by molar-refractivity contribution is 0.974. The van der Waals surface area contributed by atoms with Gasteiger partial charge in [0.05, 0.1) is 5.69 Å². The largest absolute Gasteiger partial charge is 0.329 e. The maximum atomic E-state index is 5.60. The van der Waals surface area contributed by atoms with Crippen molar-refractivity contribution in [3.63, 3.8) is 0 Å². The van der Waals surface area contributed by atoms with Crippen LogP contribution in [-0.2, 0) is 6.54 Å². The number of aryl methyl sites for hydroxylation is 1. The fourth-order valence-corrected chi connectivity index (χ4v) is 1.67. The molecule has 88 valence electrons. The van der Waals surface area contributed by atoms with Crippen LogP contribution < -0.4 is 10.6 Å². The molecule has 1 aromatic carbocycles. The van der Waals surface area contributed by atoms with Crippen LogP contribution >= 0.6 is 0 Å². The van der Waals surface area contributed by atoms with E-state index < -0.39 is 0 Å². The van der Waals surface area contributed by atoms with E-state index in [0.29, 0.717) is 6.54 Å². The standard InChI is InChI=1S/C14H17N3/c1-11-6-8-13(9-7-11)17(2)14-5-3-4-12(10-15)16-14/h3-9H,10,15H2,1-2H3. The molecule has 17 heavy (non-hydrogen) atoms. The summed E-state index contributed by atoms with van der Waals surface area (Å²) in [6.45, 7) is 2.55. The second kappa shape index (κ2) is 4.97. The highest BCUT2D eigenvalue weighted by Gasteiger charge is 2.05. The molecule has 0 saturated carbocycles. The fraction of sp³-hybridized carbons (Fsp3) is 0.214.